The minimum atomic E-state index is 0.0409. The minimum absolute atomic E-state index is 0.0409. The molecule has 112 valence electrons. The molecule has 20 heavy (non-hydrogen) atoms. The van der Waals surface area contributed by atoms with Crippen LogP contribution in [-0.2, 0) is 9.47 Å². The summed E-state index contributed by atoms with van der Waals surface area (Å²) in [5.74, 6) is 0.0409. The molecule has 1 aromatic carbocycles. The molecule has 0 spiro atoms. The summed E-state index contributed by atoms with van der Waals surface area (Å²) in [6.07, 6.45) is 2.20. The van der Waals surface area contributed by atoms with Crippen molar-refractivity contribution in [2.45, 2.75) is 40.5 Å². The molecule has 0 amide bonds. The fraction of sp³-hybridized carbons (Fsp3) is 0.588. The molecule has 0 N–H and O–H groups in total. The Labute approximate surface area is 122 Å². The van der Waals surface area contributed by atoms with Gasteiger partial charge in [0.2, 0.25) is 0 Å². The largest absolute Gasteiger partial charge is 0.379 e. The van der Waals surface area contributed by atoms with E-state index in [0.717, 1.165) is 36.1 Å². The zero-order valence-corrected chi connectivity index (χ0v) is 13.1. The highest BCUT2D eigenvalue weighted by Crippen LogP contribution is 2.15. The van der Waals surface area contributed by atoms with Gasteiger partial charge in [-0.2, -0.15) is 0 Å². The van der Waals surface area contributed by atoms with Crippen LogP contribution in [0.25, 0.3) is 0 Å². The summed E-state index contributed by atoms with van der Waals surface area (Å²) in [5.41, 5.74) is 4.13. The Balaban J connectivity index is 2.34. The highest BCUT2D eigenvalue weighted by atomic mass is 16.5. The molecule has 0 saturated heterocycles. The molecule has 1 aromatic rings. The Bertz CT molecular complexity index is 438. The van der Waals surface area contributed by atoms with Crippen LogP contribution in [0.1, 0.15) is 46.8 Å². The summed E-state index contributed by atoms with van der Waals surface area (Å²) in [6, 6.07) is 4.00. The normalized spacial score (nSPS) is 10.8. The van der Waals surface area contributed by atoms with E-state index in [2.05, 4.69) is 19.9 Å². The van der Waals surface area contributed by atoms with E-state index in [1.54, 1.807) is 0 Å². The highest BCUT2D eigenvalue weighted by Gasteiger charge is 2.10. The van der Waals surface area contributed by atoms with Crippen molar-refractivity contribution in [1.29, 1.82) is 0 Å². The summed E-state index contributed by atoms with van der Waals surface area (Å²) >= 11 is 0. The zero-order chi connectivity index (χ0) is 15.0. The third-order valence-corrected chi connectivity index (χ3v) is 3.39. The Hall–Kier alpha value is -1.19. The van der Waals surface area contributed by atoms with Gasteiger partial charge in [-0.25, -0.2) is 0 Å². The topological polar surface area (TPSA) is 35.5 Å². The molecule has 0 heterocycles. The third kappa shape index (κ3) is 5.43. The molecular formula is C17H26O3. The smallest absolute Gasteiger partial charge is 0.188 e. The molecular weight excluding hydrogens is 252 g/mol. The standard InChI is InChI=1S/C17H26O3/c1-5-6-7-19-8-9-20-12-17(18)16-11-14(3)13(2)10-15(16)4/h10-11H,5-9,12H2,1-4H3. The van der Waals surface area contributed by atoms with Crippen molar-refractivity contribution >= 4 is 5.78 Å². The van der Waals surface area contributed by atoms with Crippen LogP contribution in [0.15, 0.2) is 12.1 Å². The van der Waals surface area contributed by atoms with E-state index in [4.69, 9.17) is 9.47 Å². The van der Waals surface area contributed by atoms with Crippen LogP contribution in [0, 0.1) is 20.8 Å². The van der Waals surface area contributed by atoms with E-state index in [1.165, 1.54) is 5.56 Å². The van der Waals surface area contributed by atoms with Crippen molar-refractivity contribution in [3.8, 4) is 0 Å². The quantitative estimate of drug-likeness (QED) is 0.511. The summed E-state index contributed by atoms with van der Waals surface area (Å²) in [5, 5.41) is 0. The first-order chi connectivity index (χ1) is 9.56. The van der Waals surface area contributed by atoms with Crippen molar-refractivity contribution in [3.05, 3.63) is 34.4 Å². The van der Waals surface area contributed by atoms with Gasteiger partial charge < -0.3 is 9.47 Å². The van der Waals surface area contributed by atoms with Crippen LogP contribution in [0.4, 0.5) is 0 Å². The lowest BCUT2D eigenvalue weighted by Crippen LogP contribution is -2.14. The fourth-order valence-electron chi connectivity index (χ4n) is 1.97. The Morgan fingerprint density at radius 3 is 2.30 bits per heavy atom. The van der Waals surface area contributed by atoms with Crippen molar-refractivity contribution in [3.63, 3.8) is 0 Å². The Morgan fingerprint density at radius 1 is 0.950 bits per heavy atom. The molecule has 0 aliphatic carbocycles. The van der Waals surface area contributed by atoms with Crippen LogP contribution < -0.4 is 0 Å². The average Bonchev–Trinajstić information content (AvgIpc) is 2.41. The maximum Gasteiger partial charge on any atom is 0.188 e. The van der Waals surface area contributed by atoms with Gasteiger partial charge >= 0.3 is 0 Å². The highest BCUT2D eigenvalue weighted by molar-refractivity contribution is 5.98. The van der Waals surface area contributed by atoms with Crippen LogP contribution >= 0.6 is 0 Å². The number of carbonyl (C=O) groups is 1. The van der Waals surface area contributed by atoms with Crippen molar-refractivity contribution in [2.24, 2.45) is 0 Å². The summed E-state index contributed by atoms with van der Waals surface area (Å²) in [4.78, 5) is 12.1. The first-order valence-electron chi connectivity index (χ1n) is 7.32. The van der Waals surface area contributed by atoms with E-state index in [0.29, 0.717) is 13.2 Å². The molecule has 3 heteroatoms. The molecule has 1 rings (SSSR count). The number of ketones is 1. The van der Waals surface area contributed by atoms with E-state index in [1.807, 2.05) is 19.9 Å². The molecule has 0 bridgehead atoms. The van der Waals surface area contributed by atoms with Crippen molar-refractivity contribution in [2.75, 3.05) is 26.4 Å². The number of unbranched alkanes of at least 4 members (excludes halogenated alkanes) is 1. The van der Waals surface area contributed by atoms with E-state index in [9.17, 15) is 4.79 Å². The van der Waals surface area contributed by atoms with E-state index in [-0.39, 0.29) is 12.4 Å². The molecule has 0 saturated carbocycles. The average molecular weight is 278 g/mol. The molecule has 0 fully saturated rings. The second kappa shape index (κ2) is 8.88. The number of carbonyl (C=O) groups excluding carboxylic acids is 1. The summed E-state index contributed by atoms with van der Waals surface area (Å²) in [6.45, 7) is 10.1. The summed E-state index contributed by atoms with van der Waals surface area (Å²) < 4.78 is 10.8. The Morgan fingerprint density at radius 2 is 1.60 bits per heavy atom. The molecule has 0 aliphatic rings. The van der Waals surface area contributed by atoms with Gasteiger partial charge in [0.25, 0.3) is 0 Å². The van der Waals surface area contributed by atoms with Gasteiger partial charge in [-0.1, -0.05) is 19.4 Å². The number of hydrogen-bond acceptors (Lipinski definition) is 3. The number of ether oxygens (including phenoxy) is 2. The molecule has 0 atom stereocenters. The van der Waals surface area contributed by atoms with Crippen LogP contribution in [0.2, 0.25) is 0 Å². The van der Waals surface area contributed by atoms with Gasteiger partial charge in [-0.3, -0.25) is 4.79 Å². The van der Waals surface area contributed by atoms with E-state index < -0.39 is 0 Å². The van der Waals surface area contributed by atoms with E-state index >= 15 is 0 Å². The monoisotopic (exact) mass is 278 g/mol. The first kappa shape index (κ1) is 16.9. The lowest BCUT2D eigenvalue weighted by Gasteiger charge is -2.09. The Kier molecular flexibility index (Phi) is 7.48. The minimum Gasteiger partial charge on any atom is -0.379 e. The molecule has 3 nitrogen and oxygen atoms in total. The molecule has 0 aliphatic heterocycles. The van der Waals surface area contributed by atoms with Gasteiger partial charge in [0, 0.05) is 12.2 Å². The SMILES string of the molecule is CCCCOCCOCC(=O)c1cc(C)c(C)cc1C. The second-order valence-corrected chi connectivity index (χ2v) is 5.19. The summed E-state index contributed by atoms with van der Waals surface area (Å²) in [7, 11) is 0. The fourth-order valence-corrected chi connectivity index (χ4v) is 1.97. The third-order valence-electron chi connectivity index (χ3n) is 3.39. The molecule has 0 aromatic heterocycles. The predicted octanol–water partition coefficient (Wildman–Crippen LogP) is 3.63. The lowest BCUT2D eigenvalue weighted by atomic mass is 9.98. The van der Waals surface area contributed by atoms with Crippen molar-refractivity contribution in [1.82, 2.24) is 0 Å². The van der Waals surface area contributed by atoms with Gasteiger partial charge in [-0.15, -0.1) is 0 Å². The van der Waals surface area contributed by atoms with Gasteiger partial charge in [-0.05, 0) is 49.9 Å². The van der Waals surface area contributed by atoms with Crippen LogP contribution in [0.3, 0.4) is 0 Å². The predicted molar refractivity (Wildman–Crippen MR) is 81.5 cm³/mol. The van der Waals surface area contributed by atoms with Gasteiger partial charge in [0.15, 0.2) is 5.78 Å². The maximum absolute atomic E-state index is 12.1. The molecule has 0 radical (unpaired) electrons. The number of aryl methyl sites for hydroxylation is 3. The number of Topliss-reactive ketones (excluding diaryl/α,β-unsaturated/α-hetero) is 1. The number of hydrogen-bond donors (Lipinski definition) is 0. The van der Waals surface area contributed by atoms with Crippen molar-refractivity contribution < 1.29 is 14.3 Å². The van der Waals surface area contributed by atoms with Crippen LogP contribution in [0.5, 0.6) is 0 Å². The van der Waals surface area contributed by atoms with Gasteiger partial charge in [0.05, 0.1) is 13.2 Å². The first-order valence-corrected chi connectivity index (χ1v) is 7.32. The molecule has 0 unspecified atom stereocenters. The van der Waals surface area contributed by atoms with Crippen LogP contribution in [-0.4, -0.2) is 32.2 Å². The zero-order valence-electron chi connectivity index (χ0n) is 13.1. The second-order valence-electron chi connectivity index (χ2n) is 5.19. The number of rotatable bonds is 9. The van der Waals surface area contributed by atoms with Gasteiger partial charge in [0.1, 0.15) is 6.61 Å². The number of benzene rings is 1. The maximum atomic E-state index is 12.1. The lowest BCUT2D eigenvalue weighted by molar-refractivity contribution is 0.0432.